The van der Waals surface area contributed by atoms with E-state index < -0.39 is 0 Å². The number of rotatable bonds is 8. The zero-order valence-corrected chi connectivity index (χ0v) is 22.1. The Morgan fingerprint density at radius 1 is 1.09 bits per heavy atom. The number of carbonyl (C=O) groups is 1. The number of anilines is 1. The molecule has 2 aliphatic heterocycles. The Balaban J connectivity index is 0.00000385. The van der Waals surface area contributed by atoms with Crippen molar-refractivity contribution in [2.75, 3.05) is 77.0 Å². The van der Waals surface area contributed by atoms with Gasteiger partial charge in [0.2, 0.25) is 5.91 Å². The molecule has 1 unspecified atom stereocenters. The molecule has 0 radical (unpaired) electrons. The third-order valence-electron chi connectivity index (χ3n) is 5.98. The van der Waals surface area contributed by atoms with Gasteiger partial charge in [0, 0.05) is 70.5 Å². The van der Waals surface area contributed by atoms with Gasteiger partial charge in [-0.25, -0.2) is 4.39 Å². The maximum atomic E-state index is 13.1. The largest absolute Gasteiger partial charge is 0.379 e. The second-order valence-corrected chi connectivity index (χ2v) is 8.24. The quantitative estimate of drug-likeness (QED) is 0.279. The summed E-state index contributed by atoms with van der Waals surface area (Å²) < 4.78 is 18.5. The van der Waals surface area contributed by atoms with Crippen molar-refractivity contribution in [2.45, 2.75) is 26.3 Å². The number of hydrogen-bond acceptors (Lipinski definition) is 5. The molecule has 0 spiro atoms. The molecule has 0 aromatic heterocycles. The van der Waals surface area contributed by atoms with Crippen LogP contribution in [0.1, 0.15) is 20.3 Å². The van der Waals surface area contributed by atoms with E-state index in [0.717, 1.165) is 57.6 Å². The van der Waals surface area contributed by atoms with E-state index >= 15 is 0 Å². The highest BCUT2D eigenvalue weighted by atomic mass is 127. The lowest BCUT2D eigenvalue weighted by Crippen LogP contribution is -2.49. The number of morpholine rings is 1. The van der Waals surface area contributed by atoms with Crippen LogP contribution < -0.4 is 15.5 Å². The summed E-state index contributed by atoms with van der Waals surface area (Å²) in [6, 6.07) is 6.89. The van der Waals surface area contributed by atoms with Crippen molar-refractivity contribution in [1.82, 2.24) is 20.4 Å². The van der Waals surface area contributed by atoms with Crippen molar-refractivity contribution in [3.8, 4) is 0 Å². The smallest absolute Gasteiger partial charge is 0.224 e. The molecule has 0 bridgehead atoms. The molecule has 2 saturated heterocycles. The number of nitrogens with one attached hydrogen (secondary N) is 2. The van der Waals surface area contributed by atoms with Gasteiger partial charge in [-0.05, 0) is 38.1 Å². The zero-order valence-electron chi connectivity index (χ0n) is 19.8. The fourth-order valence-corrected chi connectivity index (χ4v) is 4.01. The molecule has 1 aromatic rings. The monoisotopic (exact) mass is 576 g/mol. The van der Waals surface area contributed by atoms with Gasteiger partial charge in [-0.3, -0.25) is 14.7 Å². The molecular formula is C23H38FIN6O2. The molecule has 1 atom stereocenters. The first-order valence-electron chi connectivity index (χ1n) is 11.7. The van der Waals surface area contributed by atoms with E-state index in [1.807, 2.05) is 11.8 Å². The van der Waals surface area contributed by atoms with E-state index in [2.05, 4.69) is 27.4 Å². The number of piperazine rings is 1. The highest BCUT2D eigenvalue weighted by Crippen LogP contribution is 2.17. The molecule has 33 heavy (non-hydrogen) atoms. The van der Waals surface area contributed by atoms with Crippen LogP contribution in [-0.4, -0.2) is 99.8 Å². The van der Waals surface area contributed by atoms with Crippen molar-refractivity contribution in [2.24, 2.45) is 4.99 Å². The van der Waals surface area contributed by atoms with Gasteiger partial charge in [-0.15, -0.1) is 24.0 Å². The van der Waals surface area contributed by atoms with Gasteiger partial charge in [-0.1, -0.05) is 0 Å². The molecule has 2 fully saturated rings. The van der Waals surface area contributed by atoms with E-state index in [1.165, 1.54) is 12.1 Å². The first-order chi connectivity index (χ1) is 15.6. The molecule has 186 valence electrons. The van der Waals surface area contributed by atoms with Crippen LogP contribution in [0.25, 0.3) is 0 Å². The van der Waals surface area contributed by atoms with Crippen LogP contribution in [0.4, 0.5) is 10.1 Å². The van der Waals surface area contributed by atoms with E-state index in [9.17, 15) is 9.18 Å². The van der Waals surface area contributed by atoms with Gasteiger partial charge >= 0.3 is 0 Å². The normalized spacial score (nSPS) is 18.5. The number of halogens is 2. The van der Waals surface area contributed by atoms with Crippen molar-refractivity contribution in [1.29, 1.82) is 0 Å². The topological polar surface area (TPSA) is 72.4 Å². The minimum absolute atomic E-state index is 0. The van der Waals surface area contributed by atoms with Crippen molar-refractivity contribution in [3.05, 3.63) is 30.1 Å². The number of nitrogens with zero attached hydrogens (tertiary/aromatic N) is 4. The summed E-state index contributed by atoms with van der Waals surface area (Å²) in [6.45, 7) is 12.6. The predicted molar refractivity (Wildman–Crippen MR) is 141 cm³/mol. The second kappa shape index (κ2) is 14.6. The van der Waals surface area contributed by atoms with Crippen LogP contribution in [0.2, 0.25) is 0 Å². The third-order valence-corrected chi connectivity index (χ3v) is 5.98. The average Bonchev–Trinajstić information content (AvgIpc) is 2.83. The maximum Gasteiger partial charge on any atom is 0.224 e. The van der Waals surface area contributed by atoms with Crippen molar-refractivity contribution in [3.63, 3.8) is 0 Å². The van der Waals surface area contributed by atoms with Gasteiger partial charge < -0.3 is 25.2 Å². The minimum atomic E-state index is -0.230. The van der Waals surface area contributed by atoms with Gasteiger partial charge in [-0.2, -0.15) is 0 Å². The van der Waals surface area contributed by atoms with E-state index in [0.29, 0.717) is 38.6 Å². The van der Waals surface area contributed by atoms with Crippen molar-refractivity contribution >= 4 is 41.5 Å². The lowest BCUT2D eigenvalue weighted by Gasteiger charge is -2.36. The Morgan fingerprint density at radius 3 is 2.39 bits per heavy atom. The second-order valence-electron chi connectivity index (χ2n) is 8.24. The molecular weight excluding hydrogens is 538 g/mol. The Hall–Kier alpha value is -1.66. The summed E-state index contributed by atoms with van der Waals surface area (Å²) in [7, 11) is 0. The zero-order chi connectivity index (χ0) is 22.8. The number of amides is 1. The molecule has 0 aliphatic carbocycles. The van der Waals surface area contributed by atoms with Gasteiger partial charge in [0.25, 0.3) is 0 Å². The van der Waals surface area contributed by atoms with Gasteiger partial charge in [0.05, 0.1) is 19.8 Å². The Kier molecular flexibility index (Phi) is 12.2. The molecule has 2 heterocycles. The van der Waals surface area contributed by atoms with Crippen LogP contribution in [0.5, 0.6) is 0 Å². The lowest BCUT2D eigenvalue weighted by molar-refractivity contribution is -0.131. The van der Waals surface area contributed by atoms with Crippen LogP contribution in [-0.2, 0) is 9.53 Å². The summed E-state index contributed by atoms with van der Waals surface area (Å²) >= 11 is 0. The summed E-state index contributed by atoms with van der Waals surface area (Å²) in [5, 5.41) is 6.55. The first-order valence-corrected chi connectivity index (χ1v) is 11.7. The lowest BCUT2D eigenvalue weighted by atomic mass is 10.2. The summed E-state index contributed by atoms with van der Waals surface area (Å²) in [5.41, 5.74) is 0.998. The standard InChI is InChI=1S/C23H37FN6O2.HI/c1-3-25-23(27-18-19(2)28-14-16-32-17-15-28)26-9-8-22(31)30-12-10-29(11-13-30)21-6-4-20(24)5-7-21;/h4-7,19H,3,8-18H2,1-2H3,(H2,25,26,27);1H. The molecule has 1 aromatic carbocycles. The minimum Gasteiger partial charge on any atom is -0.379 e. The van der Waals surface area contributed by atoms with Crippen LogP contribution in [0.15, 0.2) is 29.3 Å². The Labute approximate surface area is 213 Å². The molecule has 10 heteroatoms. The van der Waals surface area contributed by atoms with Crippen LogP contribution >= 0.6 is 24.0 Å². The molecule has 2 N–H and O–H groups in total. The molecule has 0 saturated carbocycles. The fraction of sp³-hybridized carbons (Fsp3) is 0.652. The Bertz CT molecular complexity index is 737. The summed E-state index contributed by atoms with van der Waals surface area (Å²) in [5.74, 6) is 0.668. The Morgan fingerprint density at radius 2 is 1.76 bits per heavy atom. The van der Waals surface area contributed by atoms with Crippen LogP contribution in [0.3, 0.4) is 0 Å². The van der Waals surface area contributed by atoms with Gasteiger partial charge in [0.1, 0.15) is 5.82 Å². The van der Waals surface area contributed by atoms with Crippen molar-refractivity contribution < 1.29 is 13.9 Å². The van der Waals surface area contributed by atoms with E-state index in [1.54, 1.807) is 12.1 Å². The fourth-order valence-electron chi connectivity index (χ4n) is 4.01. The van der Waals surface area contributed by atoms with Gasteiger partial charge in [0.15, 0.2) is 5.96 Å². The van der Waals surface area contributed by atoms with E-state index in [4.69, 9.17) is 9.73 Å². The molecule has 3 rings (SSSR count). The molecule has 2 aliphatic rings. The number of ether oxygens (including phenoxy) is 1. The average molecular weight is 576 g/mol. The number of aliphatic imine (C=N–C) groups is 1. The van der Waals surface area contributed by atoms with E-state index in [-0.39, 0.29) is 35.7 Å². The number of guanidine groups is 1. The molecule has 8 nitrogen and oxygen atoms in total. The number of hydrogen-bond donors (Lipinski definition) is 2. The summed E-state index contributed by atoms with van der Waals surface area (Å²) in [6.07, 6.45) is 0.431. The van der Waals surface area contributed by atoms with Crippen LogP contribution in [0, 0.1) is 5.82 Å². The molecule has 1 amide bonds. The number of carbonyl (C=O) groups excluding carboxylic acids is 1. The maximum absolute atomic E-state index is 13.1. The first kappa shape index (κ1) is 27.6. The third kappa shape index (κ3) is 8.90. The highest BCUT2D eigenvalue weighted by Gasteiger charge is 2.21. The summed E-state index contributed by atoms with van der Waals surface area (Å²) in [4.78, 5) is 23.8. The number of benzene rings is 1. The SMILES string of the molecule is CCNC(=NCC(C)N1CCOCC1)NCCC(=O)N1CCN(c2ccc(F)cc2)CC1.I. The highest BCUT2D eigenvalue weighted by molar-refractivity contribution is 14.0. The predicted octanol–water partition coefficient (Wildman–Crippen LogP) is 1.76.